The summed E-state index contributed by atoms with van der Waals surface area (Å²) in [4.78, 5) is 2.28. The summed E-state index contributed by atoms with van der Waals surface area (Å²) in [5, 5.41) is 0. The maximum atomic E-state index is 6.49. The monoisotopic (exact) mass is 407 g/mol. The topological polar surface area (TPSA) is 12.5 Å². The van der Waals surface area contributed by atoms with Gasteiger partial charge in [0.05, 0.1) is 6.04 Å². The highest BCUT2D eigenvalue weighted by molar-refractivity contribution is 5.85. The molecule has 0 saturated heterocycles. The predicted molar refractivity (Wildman–Crippen MR) is 123 cm³/mol. The van der Waals surface area contributed by atoms with Crippen LogP contribution in [0.4, 0.5) is 0 Å². The lowest BCUT2D eigenvalue weighted by atomic mass is 9.94. The highest BCUT2D eigenvalue weighted by atomic mass is 35.5. The SMILES string of the molecule is CC(Cc1ccccc1)c1ccc(O[C@@H]2c3ccccc3C[C@@H]2N(C)C)cc1.Cl. The zero-order valence-corrected chi connectivity index (χ0v) is 18.2. The van der Waals surface area contributed by atoms with Crippen LogP contribution in [0.25, 0.3) is 0 Å². The summed E-state index contributed by atoms with van der Waals surface area (Å²) in [6, 6.07) is 28.4. The van der Waals surface area contributed by atoms with Crippen molar-refractivity contribution in [2.45, 2.75) is 37.8 Å². The molecule has 0 fully saturated rings. The Morgan fingerprint density at radius 1 is 0.897 bits per heavy atom. The summed E-state index contributed by atoms with van der Waals surface area (Å²) in [5.41, 5.74) is 5.46. The van der Waals surface area contributed by atoms with Gasteiger partial charge in [-0.25, -0.2) is 0 Å². The van der Waals surface area contributed by atoms with Gasteiger partial charge in [-0.15, -0.1) is 12.4 Å². The molecule has 0 amide bonds. The van der Waals surface area contributed by atoms with E-state index in [1.54, 1.807) is 0 Å². The first-order valence-corrected chi connectivity index (χ1v) is 10.2. The normalized spacial score (nSPS) is 18.8. The van der Waals surface area contributed by atoms with Gasteiger partial charge in [-0.2, -0.15) is 0 Å². The Labute approximate surface area is 180 Å². The molecule has 0 heterocycles. The minimum absolute atomic E-state index is 0. The van der Waals surface area contributed by atoms with Crippen LogP contribution in [0.1, 0.15) is 41.2 Å². The van der Waals surface area contributed by atoms with Crippen LogP contribution in [-0.2, 0) is 12.8 Å². The molecule has 29 heavy (non-hydrogen) atoms. The molecule has 1 aliphatic carbocycles. The van der Waals surface area contributed by atoms with Crippen molar-refractivity contribution in [3.05, 3.63) is 101 Å². The van der Waals surface area contributed by atoms with Crippen LogP contribution >= 0.6 is 12.4 Å². The zero-order valence-electron chi connectivity index (χ0n) is 17.4. The Morgan fingerprint density at radius 3 is 2.24 bits per heavy atom. The van der Waals surface area contributed by atoms with Crippen LogP contribution < -0.4 is 4.74 Å². The number of halogens is 1. The summed E-state index contributed by atoms with van der Waals surface area (Å²) >= 11 is 0. The van der Waals surface area contributed by atoms with Gasteiger partial charge in [0.1, 0.15) is 11.9 Å². The second kappa shape index (κ2) is 9.47. The first-order chi connectivity index (χ1) is 13.6. The standard InChI is InChI=1S/C26H29NO.ClH/c1-19(17-20-9-5-4-6-10-20)21-13-15-23(16-14-21)28-26-24-12-8-7-11-22(24)18-25(26)27(2)3;/h4-16,19,25-26H,17-18H2,1-3H3;1H/t19?,25-,26+;/m0./s1. The van der Waals surface area contributed by atoms with Crippen LogP contribution in [0.15, 0.2) is 78.9 Å². The van der Waals surface area contributed by atoms with E-state index >= 15 is 0 Å². The molecule has 0 radical (unpaired) electrons. The molecule has 0 spiro atoms. The molecule has 4 rings (SSSR count). The molecule has 2 nitrogen and oxygen atoms in total. The maximum absolute atomic E-state index is 6.49. The van der Waals surface area contributed by atoms with Gasteiger partial charge in [-0.3, -0.25) is 0 Å². The van der Waals surface area contributed by atoms with E-state index in [1.165, 1.54) is 22.3 Å². The van der Waals surface area contributed by atoms with Gasteiger partial charge in [-0.1, -0.05) is 73.7 Å². The lowest BCUT2D eigenvalue weighted by Crippen LogP contribution is -2.34. The Bertz CT molecular complexity index is 908. The van der Waals surface area contributed by atoms with Crippen LogP contribution in [0, 0.1) is 0 Å². The number of likely N-dealkylation sites (N-methyl/N-ethyl adjacent to an activating group) is 1. The molecule has 152 valence electrons. The fraction of sp³-hybridized carbons (Fsp3) is 0.308. The van der Waals surface area contributed by atoms with E-state index in [-0.39, 0.29) is 18.5 Å². The number of fused-ring (bicyclic) bond motifs is 1. The lowest BCUT2D eigenvalue weighted by Gasteiger charge is -2.27. The van der Waals surface area contributed by atoms with Crippen LogP contribution in [0.3, 0.4) is 0 Å². The molecule has 1 unspecified atom stereocenters. The van der Waals surface area contributed by atoms with Crippen molar-refractivity contribution in [3.63, 3.8) is 0 Å². The summed E-state index contributed by atoms with van der Waals surface area (Å²) in [6.07, 6.45) is 2.18. The van der Waals surface area contributed by atoms with Crippen molar-refractivity contribution in [2.24, 2.45) is 0 Å². The third-order valence-corrected chi connectivity index (χ3v) is 5.90. The molecule has 0 aliphatic heterocycles. The van der Waals surface area contributed by atoms with Crippen molar-refractivity contribution in [2.75, 3.05) is 14.1 Å². The lowest BCUT2D eigenvalue weighted by molar-refractivity contribution is 0.111. The number of ether oxygens (including phenoxy) is 1. The van der Waals surface area contributed by atoms with Gasteiger partial charge >= 0.3 is 0 Å². The molecule has 1 aliphatic rings. The third-order valence-electron chi connectivity index (χ3n) is 5.90. The molecule has 0 N–H and O–H groups in total. The Morgan fingerprint density at radius 2 is 1.55 bits per heavy atom. The molecule has 0 bridgehead atoms. The van der Waals surface area contributed by atoms with E-state index in [2.05, 4.69) is 105 Å². The second-order valence-electron chi connectivity index (χ2n) is 8.13. The highest BCUT2D eigenvalue weighted by Crippen LogP contribution is 2.37. The van der Waals surface area contributed by atoms with E-state index in [0.717, 1.165) is 18.6 Å². The zero-order chi connectivity index (χ0) is 19.5. The van der Waals surface area contributed by atoms with E-state index in [9.17, 15) is 0 Å². The fourth-order valence-corrected chi connectivity index (χ4v) is 4.24. The van der Waals surface area contributed by atoms with Gasteiger partial charge in [0.15, 0.2) is 0 Å². The van der Waals surface area contributed by atoms with E-state index < -0.39 is 0 Å². The quantitative estimate of drug-likeness (QED) is 0.492. The maximum Gasteiger partial charge on any atom is 0.140 e. The molecule has 0 saturated carbocycles. The van der Waals surface area contributed by atoms with Crippen molar-refractivity contribution < 1.29 is 4.74 Å². The van der Waals surface area contributed by atoms with Crippen LogP contribution in [0.2, 0.25) is 0 Å². The molecular formula is C26H30ClNO. The molecule has 3 heteroatoms. The Hall–Kier alpha value is -2.29. The molecule has 3 aromatic rings. The largest absolute Gasteiger partial charge is 0.484 e. The fourth-order valence-electron chi connectivity index (χ4n) is 4.24. The summed E-state index contributed by atoms with van der Waals surface area (Å²) in [5.74, 6) is 1.43. The van der Waals surface area contributed by atoms with E-state index in [4.69, 9.17) is 4.74 Å². The Balaban J connectivity index is 0.00000240. The molecular weight excluding hydrogens is 378 g/mol. The first kappa shape index (κ1) is 21.4. The number of rotatable bonds is 6. The first-order valence-electron chi connectivity index (χ1n) is 10.2. The molecule has 3 atom stereocenters. The summed E-state index contributed by atoms with van der Waals surface area (Å²) in [6.45, 7) is 2.29. The van der Waals surface area contributed by atoms with E-state index in [1.807, 2.05) is 0 Å². The van der Waals surface area contributed by atoms with Gasteiger partial charge in [0.2, 0.25) is 0 Å². The summed E-state index contributed by atoms with van der Waals surface area (Å²) < 4.78 is 6.49. The van der Waals surface area contributed by atoms with Crippen molar-refractivity contribution >= 4 is 12.4 Å². The average molecular weight is 408 g/mol. The molecule has 0 aromatic heterocycles. The number of nitrogens with zero attached hydrogens (tertiary/aromatic N) is 1. The van der Waals surface area contributed by atoms with Gasteiger partial charge in [0, 0.05) is 0 Å². The Kier molecular flexibility index (Phi) is 7.00. The smallest absolute Gasteiger partial charge is 0.140 e. The average Bonchev–Trinajstić information content (AvgIpc) is 3.08. The second-order valence-corrected chi connectivity index (χ2v) is 8.13. The van der Waals surface area contributed by atoms with Crippen molar-refractivity contribution in [1.29, 1.82) is 0 Å². The molecule has 3 aromatic carbocycles. The summed E-state index contributed by atoms with van der Waals surface area (Å²) in [7, 11) is 4.28. The minimum Gasteiger partial charge on any atom is -0.484 e. The van der Waals surface area contributed by atoms with Gasteiger partial charge in [0.25, 0.3) is 0 Å². The van der Waals surface area contributed by atoms with E-state index in [0.29, 0.717) is 12.0 Å². The van der Waals surface area contributed by atoms with Crippen molar-refractivity contribution in [1.82, 2.24) is 4.90 Å². The predicted octanol–water partition coefficient (Wildman–Crippen LogP) is 6.06. The number of hydrogen-bond donors (Lipinski definition) is 0. The minimum atomic E-state index is 0. The van der Waals surface area contributed by atoms with Crippen LogP contribution in [-0.4, -0.2) is 25.0 Å². The number of hydrogen-bond acceptors (Lipinski definition) is 2. The highest BCUT2D eigenvalue weighted by Gasteiger charge is 2.35. The van der Waals surface area contributed by atoms with Crippen LogP contribution in [0.5, 0.6) is 5.75 Å². The van der Waals surface area contributed by atoms with Gasteiger partial charge < -0.3 is 9.64 Å². The van der Waals surface area contributed by atoms with Crippen molar-refractivity contribution in [3.8, 4) is 5.75 Å². The van der Waals surface area contributed by atoms with Gasteiger partial charge in [-0.05, 0) is 67.2 Å². The number of benzene rings is 3. The third kappa shape index (κ3) is 4.83.